The quantitative estimate of drug-likeness (QED) is 0.588. The molecule has 1 saturated carbocycles. The van der Waals surface area contributed by atoms with Crippen molar-refractivity contribution >= 4 is 11.2 Å². The van der Waals surface area contributed by atoms with Crippen molar-refractivity contribution in [2.75, 3.05) is 13.2 Å². The Hall–Kier alpha value is -1.80. The van der Waals surface area contributed by atoms with Gasteiger partial charge in [-0.25, -0.2) is 14.4 Å². The summed E-state index contributed by atoms with van der Waals surface area (Å²) < 4.78 is 15.9. The van der Waals surface area contributed by atoms with Gasteiger partial charge in [0.25, 0.3) is 0 Å². The topological polar surface area (TPSA) is 111 Å². The molecule has 7 nitrogen and oxygen atoms in total. The van der Waals surface area contributed by atoms with E-state index in [1.54, 1.807) is 0 Å². The van der Waals surface area contributed by atoms with Crippen molar-refractivity contribution in [1.29, 1.82) is 5.41 Å². The first kappa shape index (κ1) is 12.2. The van der Waals surface area contributed by atoms with Crippen LogP contribution in [0.1, 0.15) is 6.42 Å². The first-order valence-electron chi connectivity index (χ1n) is 5.89. The highest BCUT2D eigenvalue weighted by molar-refractivity contribution is 5.67. The Bertz CT molecular complexity index is 677. The molecule has 19 heavy (non-hydrogen) atoms. The number of nitrogens with zero attached hydrogens (tertiary/aromatic N) is 3. The van der Waals surface area contributed by atoms with Gasteiger partial charge in [-0.1, -0.05) is 0 Å². The second kappa shape index (κ2) is 3.84. The van der Waals surface area contributed by atoms with E-state index in [0.29, 0.717) is 11.2 Å². The highest BCUT2D eigenvalue weighted by atomic mass is 19.1. The SMILES string of the molecule is N=c1c2[nH]cnc2ncn1C[C@@]1(F)CC1(CO)CO. The van der Waals surface area contributed by atoms with Gasteiger partial charge in [0.2, 0.25) is 0 Å². The van der Waals surface area contributed by atoms with E-state index in [0.717, 1.165) is 0 Å². The second-order valence-corrected chi connectivity index (χ2v) is 5.06. The van der Waals surface area contributed by atoms with Crippen molar-refractivity contribution in [2.45, 2.75) is 18.6 Å². The van der Waals surface area contributed by atoms with Gasteiger partial charge >= 0.3 is 0 Å². The van der Waals surface area contributed by atoms with Crippen molar-refractivity contribution in [2.24, 2.45) is 5.41 Å². The summed E-state index contributed by atoms with van der Waals surface area (Å²) in [7, 11) is 0. The molecule has 3 rings (SSSR count). The molecule has 4 N–H and O–H groups in total. The van der Waals surface area contributed by atoms with E-state index < -0.39 is 24.3 Å². The molecule has 1 fully saturated rings. The van der Waals surface area contributed by atoms with Gasteiger partial charge in [0.15, 0.2) is 11.1 Å². The normalized spacial score (nSPS) is 24.8. The summed E-state index contributed by atoms with van der Waals surface area (Å²) in [6, 6.07) is 0. The minimum Gasteiger partial charge on any atom is -0.396 e. The second-order valence-electron chi connectivity index (χ2n) is 5.06. The van der Waals surface area contributed by atoms with Crippen molar-refractivity contribution in [1.82, 2.24) is 19.5 Å². The van der Waals surface area contributed by atoms with E-state index in [2.05, 4.69) is 15.0 Å². The minimum absolute atomic E-state index is 0.0798. The monoisotopic (exact) mass is 267 g/mol. The molecule has 2 heterocycles. The Kier molecular flexibility index (Phi) is 2.48. The third-order valence-corrected chi connectivity index (χ3v) is 3.93. The number of aliphatic hydroxyl groups excluding tert-OH is 2. The number of fused-ring (bicyclic) bond motifs is 1. The van der Waals surface area contributed by atoms with Gasteiger partial charge in [0.1, 0.15) is 11.2 Å². The van der Waals surface area contributed by atoms with Gasteiger partial charge in [0, 0.05) is 0 Å². The Morgan fingerprint density at radius 2 is 2.16 bits per heavy atom. The van der Waals surface area contributed by atoms with Crippen LogP contribution in [0.5, 0.6) is 0 Å². The van der Waals surface area contributed by atoms with Crippen LogP contribution in [0.2, 0.25) is 0 Å². The zero-order valence-electron chi connectivity index (χ0n) is 10.1. The van der Waals surface area contributed by atoms with Crippen molar-refractivity contribution in [3.63, 3.8) is 0 Å². The van der Waals surface area contributed by atoms with Crippen LogP contribution in [0.15, 0.2) is 12.7 Å². The number of nitrogens with one attached hydrogen (secondary N) is 2. The summed E-state index contributed by atoms with van der Waals surface area (Å²) in [5.74, 6) is 0. The highest BCUT2D eigenvalue weighted by Gasteiger charge is 2.68. The number of hydrogen-bond donors (Lipinski definition) is 4. The number of rotatable bonds is 4. The standard InChI is InChI=1S/C11H14FN5O2/c12-11(1-10(11,3-18)4-19)2-17-6-16-9-7(8(17)13)14-5-15-9/h5-6,13,18-19H,1-4H2,(H,14,15)/t11-/m0/s1. The molecule has 1 atom stereocenters. The Balaban J connectivity index is 1.95. The lowest BCUT2D eigenvalue weighted by Gasteiger charge is -2.16. The van der Waals surface area contributed by atoms with Crippen LogP contribution in [0, 0.1) is 10.8 Å². The third kappa shape index (κ3) is 1.60. The molecule has 0 saturated heterocycles. The summed E-state index contributed by atoms with van der Waals surface area (Å²) in [5, 5.41) is 26.3. The summed E-state index contributed by atoms with van der Waals surface area (Å²) >= 11 is 0. The van der Waals surface area contributed by atoms with E-state index in [4.69, 9.17) is 5.41 Å². The predicted molar refractivity (Wildman–Crippen MR) is 62.8 cm³/mol. The van der Waals surface area contributed by atoms with Crippen LogP contribution in [0.4, 0.5) is 4.39 Å². The van der Waals surface area contributed by atoms with E-state index in [9.17, 15) is 14.6 Å². The van der Waals surface area contributed by atoms with Crippen molar-refractivity contribution < 1.29 is 14.6 Å². The molecule has 0 bridgehead atoms. The molecule has 2 aromatic heterocycles. The average Bonchev–Trinajstić information content (AvgIpc) is 2.76. The number of hydrogen-bond acceptors (Lipinski definition) is 5. The molecule has 0 radical (unpaired) electrons. The number of alkyl halides is 1. The molecule has 102 valence electrons. The summed E-state index contributed by atoms with van der Waals surface area (Å²) in [5.41, 5.74) is -1.89. The number of aliphatic hydroxyl groups is 2. The van der Waals surface area contributed by atoms with Crippen LogP contribution in [-0.2, 0) is 6.54 Å². The largest absolute Gasteiger partial charge is 0.396 e. The highest BCUT2D eigenvalue weighted by Crippen LogP contribution is 2.59. The van der Waals surface area contributed by atoms with Crippen LogP contribution < -0.4 is 5.49 Å². The minimum atomic E-state index is -1.70. The zero-order chi connectivity index (χ0) is 13.7. The average molecular weight is 267 g/mol. The predicted octanol–water partition coefficient (Wildman–Crippen LogP) is -0.678. The van der Waals surface area contributed by atoms with Gasteiger partial charge in [0.05, 0.1) is 37.8 Å². The van der Waals surface area contributed by atoms with Gasteiger partial charge in [-0.15, -0.1) is 0 Å². The number of H-pyrrole nitrogens is 1. The summed E-state index contributed by atoms with van der Waals surface area (Å²) in [6.45, 7) is -0.934. The number of imidazole rings is 1. The molecule has 0 aromatic carbocycles. The Morgan fingerprint density at radius 1 is 1.42 bits per heavy atom. The van der Waals surface area contributed by atoms with Gasteiger partial charge in [-0.2, -0.15) is 0 Å². The smallest absolute Gasteiger partial charge is 0.182 e. The van der Waals surface area contributed by atoms with Crippen LogP contribution in [0.3, 0.4) is 0 Å². The Morgan fingerprint density at radius 3 is 2.79 bits per heavy atom. The molecule has 2 aromatic rings. The molecule has 1 aliphatic rings. The maximum atomic E-state index is 14.5. The number of halogens is 1. The lowest BCUT2D eigenvalue weighted by molar-refractivity contribution is 0.0721. The lowest BCUT2D eigenvalue weighted by Crippen LogP contribution is -2.32. The number of aromatic nitrogens is 4. The molecule has 0 aliphatic heterocycles. The molecule has 1 aliphatic carbocycles. The summed E-state index contributed by atoms with van der Waals surface area (Å²) in [4.78, 5) is 10.7. The van der Waals surface area contributed by atoms with E-state index in [1.807, 2.05) is 0 Å². The molecule has 0 amide bonds. The molecule has 0 spiro atoms. The fraction of sp³-hybridized carbons (Fsp3) is 0.545. The van der Waals surface area contributed by atoms with Crippen molar-refractivity contribution in [3.05, 3.63) is 18.1 Å². The van der Waals surface area contributed by atoms with Crippen LogP contribution in [0.25, 0.3) is 11.2 Å². The fourth-order valence-electron chi connectivity index (χ4n) is 2.44. The molecule has 0 unspecified atom stereocenters. The maximum absolute atomic E-state index is 14.5. The van der Waals surface area contributed by atoms with Gasteiger partial charge in [-0.05, 0) is 6.42 Å². The molecule has 8 heteroatoms. The van der Waals surface area contributed by atoms with Crippen LogP contribution >= 0.6 is 0 Å². The van der Waals surface area contributed by atoms with Gasteiger partial charge in [-0.3, -0.25) is 5.41 Å². The first-order valence-corrected chi connectivity index (χ1v) is 5.89. The van der Waals surface area contributed by atoms with Crippen LogP contribution in [-0.4, -0.2) is 48.6 Å². The fourth-order valence-corrected chi connectivity index (χ4v) is 2.44. The zero-order valence-corrected chi connectivity index (χ0v) is 10.1. The van der Waals surface area contributed by atoms with Crippen molar-refractivity contribution in [3.8, 4) is 0 Å². The Labute approximate surface area is 107 Å². The maximum Gasteiger partial charge on any atom is 0.182 e. The molecular weight excluding hydrogens is 253 g/mol. The first-order chi connectivity index (χ1) is 9.05. The summed E-state index contributed by atoms with van der Waals surface area (Å²) in [6.07, 6.45) is 2.86. The van der Waals surface area contributed by atoms with E-state index in [-0.39, 0.29) is 18.5 Å². The number of aromatic amines is 1. The van der Waals surface area contributed by atoms with E-state index in [1.165, 1.54) is 17.2 Å². The molecular formula is C11H14FN5O2. The lowest BCUT2D eigenvalue weighted by atomic mass is 10.1. The van der Waals surface area contributed by atoms with Gasteiger partial charge < -0.3 is 19.8 Å². The van der Waals surface area contributed by atoms with E-state index >= 15 is 0 Å². The third-order valence-electron chi connectivity index (χ3n) is 3.93.